The molecule has 0 radical (unpaired) electrons. The number of thiazole rings is 1. The van der Waals surface area contributed by atoms with Crippen molar-refractivity contribution in [3.63, 3.8) is 0 Å². The van der Waals surface area contributed by atoms with Gasteiger partial charge in [-0.15, -0.1) is 11.3 Å². The number of likely N-dealkylation sites (tertiary alicyclic amines) is 1. The molecule has 2 fully saturated rings. The summed E-state index contributed by atoms with van der Waals surface area (Å²) < 4.78 is 25.7. The van der Waals surface area contributed by atoms with Crippen molar-refractivity contribution < 1.29 is 38.1 Å². The molecule has 13 heteroatoms. The fraction of sp³-hybridized carbons (Fsp3) is 0.594. The number of aliphatic hydroxyl groups is 1. The predicted octanol–water partition coefficient (Wildman–Crippen LogP) is 3.45. The largest absolute Gasteiger partial charge is 0.482 e. The Bertz CT molecular complexity index is 1440. The van der Waals surface area contributed by atoms with E-state index in [4.69, 9.17) is 9.47 Å². The molecule has 1 saturated heterocycles. The average molecular weight is 647 g/mol. The maximum atomic E-state index is 14.5. The lowest BCUT2D eigenvalue weighted by Gasteiger charge is -2.35. The number of esters is 1. The highest BCUT2D eigenvalue weighted by atomic mass is 32.1. The van der Waals surface area contributed by atoms with Gasteiger partial charge in [0.25, 0.3) is 5.91 Å². The minimum Gasteiger partial charge on any atom is -0.482 e. The van der Waals surface area contributed by atoms with Gasteiger partial charge in [-0.2, -0.15) is 0 Å². The molecule has 4 rings (SSSR count). The number of amides is 3. The third-order valence-electron chi connectivity index (χ3n) is 7.64. The number of ether oxygens (including phenoxy) is 2. The summed E-state index contributed by atoms with van der Waals surface area (Å²) in [5.41, 5.74) is 0.540. The van der Waals surface area contributed by atoms with Crippen LogP contribution < -0.4 is 15.4 Å². The number of β-amino-alcohol motifs (C(OH)–C–C–N with tert-alkyl or cyclic N) is 1. The minimum atomic E-state index is -1.97. The van der Waals surface area contributed by atoms with Crippen LogP contribution in [0.4, 0.5) is 4.39 Å². The topological polar surface area (TPSA) is 147 Å². The van der Waals surface area contributed by atoms with E-state index in [1.807, 2.05) is 13.0 Å². The number of rotatable bonds is 10. The van der Waals surface area contributed by atoms with Crippen molar-refractivity contribution >= 4 is 35.0 Å². The standard InChI is InChI=1S/C32H43FN4O7S/c1-18-25(45-17-35-18)19-8-9-20(23(12-19)43-16-24(39)44-31(5,6)7)14-34-27(40)22-13-21(38)15-37(22)28(41)26(30(2,3)4)36-29(42)32(33)10-11-32/h8-9,12,17,21-22,26,38H,10-11,13-16H2,1-7H3,(H,34,40)(H,36,42)/t21-,22+,26?/m1/s1. The summed E-state index contributed by atoms with van der Waals surface area (Å²) in [5.74, 6) is -2.10. The Labute approximate surface area is 266 Å². The lowest BCUT2D eigenvalue weighted by atomic mass is 9.85. The summed E-state index contributed by atoms with van der Waals surface area (Å²) in [6, 6.07) is 3.30. The number of nitrogens with zero attached hydrogens (tertiary/aromatic N) is 2. The molecule has 1 aromatic heterocycles. The molecule has 0 bridgehead atoms. The van der Waals surface area contributed by atoms with Crippen LogP contribution in [0.1, 0.15) is 72.1 Å². The van der Waals surface area contributed by atoms with E-state index in [1.165, 1.54) is 16.2 Å². The Morgan fingerprint density at radius 1 is 1.18 bits per heavy atom. The number of aryl methyl sites for hydroxylation is 1. The Balaban J connectivity index is 1.50. The highest BCUT2D eigenvalue weighted by Gasteiger charge is 2.53. The van der Waals surface area contributed by atoms with Gasteiger partial charge in [-0.3, -0.25) is 14.4 Å². The third kappa shape index (κ3) is 8.57. The zero-order valence-corrected chi connectivity index (χ0v) is 27.7. The van der Waals surface area contributed by atoms with E-state index in [0.717, 1.165) is 16.1 Å². The number of nitrogens with one attached hydrogen (secondary N) is 2. The van der Waals surface area contributed by atoms with Crippen molar-refractivity contribution in [2.24, 2.45) is 5.41 Å². The summed E-state index contributed by atoms with van der Waals surface area (Å²) in [6.45, 7) is 11.9. The molecule has 2 aromatic rings. The van der Waals surface area contributed by atoms with Crippen LogP contribution in [0.2, 0.25) is 0 Å². The molecule has 3 atom stereocenters. The first-order valence-corrected chi connectivity index (χ1v) is 15.9. The number of carbonyl (C=O) groups is 4. The molecular weight excluding hydrogens is 603 g/mol. The fourth-order valence-electron chi connectivity index (χ4n) is 5.08. The van der Waals surface area contributed by atoms with Crippen molar-refractivity contribution in [2.75, 3.05) is 13.2 Å². The van der Waals surface area contributed by atoms with E-state index in [2.05, 4.69) is 15.6 Å². The van der Waals surface area contributed by atoms with Crippen LogP contribution in [0.25, 0.3) is 10.4 Å². The number of aliphatic hydroxyl groups excluding tert-OH is 1. The van der Waals surface area contributed by atoms with E-state index in [9.17, 15) is 28.7 Å². The second-order valence-corrected chi connectivity index (χ2v) is 14.7. The maximum Gasteiger partial charge on any atom is 0.344 e. The van der Waals surface area contributed by atoms with Crippen LogP contribution in [0.15, 0.2) is 23.7 Å². The van der Waals surface area contributed by atoms with Gasteiger partial charge in [0, 0.05) is 25.1 Å². The summed E-state index contributed by atoms with van der Waals surface area (Å²) >= 11 is 1.46. The van der Waals surface area contributed by atoms with Crippen molar-refractivity contribution in [2.45, 2.75) is 104 Å². The molecule has 2 aliphatic rings. The van der Waals surface area contributed by atoms with E-state index in [0.29, 0.717) is 11.3 Å². The van der Waals surface area contributed by atoms with Gasteiger partial charge in [-0.1, -0.05) is 32.9 Å². The van der Waals surface area contributed by atoms with E-state index < -0.39 is 58.6 Å². The molecule has 246 valence electrons. The number of benzene rings is 1. The summed E-state index contributed by atoms with van der Waals surface area (Å²) in [6.07, 6.45) is -0.746. The lowest BCUT2D eigenvalue weighted by Crippen LogP contribution is -2.59. The van der Waals surface area contributed by atoms with Gasteiger partial charge < -0.3 is 30.1 Å². The Morgan fingerprint density at radius 2 is 1.87 bits per heavy atom. The normalized spacial score (nSPS) is 19.9. The van der Waals surface area contributed by atoms with Crippen molar-refractivity contribution in [1.29, 1.82) is 0 Å². The molecular formula is C32H43FN4O7S. The number of carbonyl (C=O) groups excluding carboxylic acids is 4. The van der Waals surface area contributed by atoms with Gasteiger partial charge >= 0.3 is 5.97 Å². The summed E-state index contributed by atoms with van der Waals surface area (Å²) in [4.78, 5) is 58.6. The molecule has 1 saturated carbocycles. The summed E-state index contributed by atoms with van der Waals surface area (Å²) in [7, 11) is 0. The number of hydrogen-bond donors (Lipinski definition) is 3. The SMILES string of the molecule is Cc1ncsc1-c1ccc(CNC(=O)[C@@H]2C[C@@H](O)CN2C(=O)C(NC(=O)C2(F)CC2)C(C)(C)C)c(OCC(=O)OC(C)(C)C)c1. The lowest BCUT2D eigenvalue weighted by molar-refractivity contribution is -0.157. The van der Waals surface area contributed by atoms with Gasteiger partial charge in [-0.05, 0) is 57.6 Å². The fourth-order valence-corrected chi connectivity index (χ4v) is 5.88. The average Bonchev–Trinajstić information content (AvgIpc) is 3.35. The van der Waals surface area contributed by atoms with E-state index in [-0.39, 0.29) is 39.0 Å². The molecule has 0 spiro atoms. The first-order chi connectivity index (χ1) is 20.9. The van der Waals surface area contributed by atoms with E-state index in [1.54, 1.807) is 59.2 Å². The van der Waals surface area contributed by atoms with Crippen LogP contribution in [0, 0.1) is 12.3 Å². The number of halogens is 1. The monoisotopic (exact) mass is 646 g/mol. The Morgan fingerprint density at radius 3 is 2.44 bits per heavy atom. The molecule has 3 N–H and O–H groups in total. The van der Waals surface area contributed by atoms with Crippen LogP contribution in [0.3, 0.4) is 0 Å². The van der Waals surface area contributed by atoms with Gasteiger partial charge in [0.15, 0.2) is 12.3 Å². The zero-order valence-electron chi connectivity index (χ0n) is 26.9. The first-order valence-electron chi connectivity index (χ1n) is 15.0. The van der Waals surface area contributed by atoms with E-state index >= 15 is 0 Å². The molecule has 1 unspecified atom stereocenters. The number of aromatic nitrogens is 1. The quantitative estimate of drug-likeness (QED) is 0.333. The van der Waals surface area contributed by atoms with Gasteiger partial charge in [0.2, 0.25) is 11.8 Å². The van der Waals surface area contributed by atoms with Crippen LogP contribution >= 0.6 is 11.3 Å². The third-order valence-corrected chi connectivity index (χ3v) is 8.62. The van der Waals surface area contributed by atoms with Crippen molar-refractivity contribution in [1.82, 2.24) is 20.5 Å². The maximum absolute atomic E-state index is 14.5. The number of alkyl halides is 1. The zero-order chi connectivity index (χ0) is 33.3. The van der Waals surface area contributed by atoms with Crippen LogP contribution in [-0.2, 0) is 30.5 Å². The molecule has 1 aliphatic heterocycles. The Kier molecular flexibility index (Phi) is 9.93. The van der Waals surface area contributed by atoms with Gasteiger partial charge in [0.05, 0.1) is 22.2 Å². The second kappa shape index (κ2) is 13.0. The second-order valence-electron chi connectivity index (χ2n) is 13.8. The molecule has 45 heavy (non-hydrogen) atoms. The van der Waals surface area contributed by atoms with Gasteiger partial charge in [0.1, 0.15) is 23.4 Å². The van der Waals surface area contributed by atoms with Gasteiger partial charge in [-0.25, -0.2) is 14.2 Å². The highest BCUT2D eigenvalue weighted by Crippen LogP contribution is 2.40. The molecule has 1 aliphatic carbocycles. The predicted molar refractivity (Wildman–Crippen MR) is 166 cm³/mol. The molecule has 11 nitrogen and oxygen atoms in total. The van der Waals surface area contributed by atoms with Crippen LogP contribution in [-0.4, -0.2) is 81.3 Å². The van der Waals surface area contributed by atoms with Crippen molar-refractivity contribution in [3.05, 3.63) is 35.0 Å². The number of hydrogen-bond acceptors (Lipinski definition) is 9. The van der Waals surface area contributed by atoms with Crippen LogP contribution in [0.5, 0.6) is 5.75 Å². The molecule has 1 aromatic carbocycles. The van der Waals surface area contributed by atoms with Crippen molar-refractivity contribution in [3.8, 4) is 16.2 Å². The first kappa shape index (κ1) is 34.3. The highest BCUT2D eigenvalue weighted by molar-refractivity contribution is 7.13. The molecule has 2 heterocycles. The summed E-state index contributed by atoms with van der Waals surface area (Å²) in [5, 5.41) is 15.9. The molecule has 3 amide bonds. The smallest absolute Gasteiger partial charge is 0.344 e. The Hall–Kier alpha value is -3.58. The minimum absolute atomic E-state index is 0.00102.